The third kappa shape index (κ3) is 1.39. The zero-order valence-corrected chi connectivity index (χ0v) is 8.56. The molecule has 1 aromatic heterocycles. The third-order valence-electron chi connectivity index (χ3n) is 2.34. The quantitative estimate of drug-likeness (QED) is 0.738. The molecule has 0 saturated carbocycles. The average molecular weight is 192 g/mol. The Kier molecular flexibility index (Phi) is 2.02. The van der Waals surface area contributed by atoms with Crippen LogP contribution in [0.4, 0.5) is 4.39 Å². The summed E-state index contributed by atoms with van der Waals surface area (Å²) < 4.78 is 13.5. The molecule has 0 aliphatic heterocycles. The van der Waals surface area contributed by atoms with Gasteiger partial charge in [-0.3, -0.25) is 0 Å². The molecule has 0 unspecified atom stereocenters. The normalized spacial score (nSPS) is 11.5. The monoisotopic (exact) mass is 192 g/mol. The van der Waals surface area contributed by atoms with Gasteiger partial charge in [0.05, 0.1) is 11.0 Å². The molecule has 14 heavy (non-hydrogen) atoms. The maximum atomic E-state index is 13.5. The second-order valence-corrected chi connectivity index (χ2v) is 3.87. The smallest absolute Gasteiger partial charge is 0.128 e. The molecule has 0 atom stereocenters. The van der Waals surface area contributed by atoms with Crippen molar-refractivity contribution in [3.05, 3.63) is 29.3 Å². The minimum absolute atomic E-state index is 0.168. The van der Waals surface area contributed by atoms with E-state index in [0.29, 0.717) is 5.52 Å². The van der Waals surface area contributed by atoms with Crippen molar-refractivity contribution in [2.24, 2.45) is 0 Å². The fourth-order valence-corrected chi connectivity index (χ4v) is 1.62. The van der Waals surface area contributed by atoms with Crippen molar-refractivity contribution in [3.8, 4) is 0 Å². The Balaban J connectivity index is 2.70. The lowest BCUT2D eigenvalue weighted by molar-refractivity contribution is 0.600. The lowest BCUT2D eigenvalue weighted by atomic mass is 10.0. The van der Waals surface area contributed by atoms with Crippen molar-refractivity contribution in [1.29, 1.82) is 0 Å². The lowest BCUT2D eigenvalue weighted by Crippen LogP contribution is -1.92. The Labute approximate surface area is 82.2 Å². The number of nitrogens with zero attached hydrogens (tertiary/aromatic N) is 1. The van der Waals surface area contributed by atoms with Crippen LogP contribution in [-0.4, -0.2) is 9.97 Å². The first-order valence-corrected chi connectivity index (χ1v) is 4.73. The Morgan fingerprint density at radius 3 is 2.71 bits per heavy atom. The Hall–Kier alpha value is -1.38. The number of halogens is 1. The number of hydrogen-bond acceptors (Lipinski definition) is 1. The van der Waals surface area contributed by atoms with Crippen molar-refractivity contribution in [3.63, 3.8) is 0 Å². The summed E-state index contributed by atoms with van der Waals surface area (Å²) in [5, 5.41) is 0. The molecular formula is C11H13FN2. The van der Waals surface area contributed by atoms with Crippen LogP contribution in [0.1, 0.15) is 31.2 Å². The molecule has 2 rings (SSSR count). The summed E-state index contributed by atoms with van der Waals surface area (Å²) in [6.07, 6.45) is 0. The van der Waals surface area contributed by atoms with Gasteiger partial charge >= 0.3 is 0 Å². The number of fused-ring (bicyclic) bond motifs is 1. The summed E-state index contributed by atoms with van der Waals surface area (Å²) in [6, 6.07) is 3.34. The van der Waals surface area contributed by atoms with Crippen molar-refractivity contribution in [2.45, 2.75) is 26.7 Å². The summed E-state index contributed by atoms with van der Waals surface area (Å²) in [4.78, 5) is 7.28. The van der Waals surface area contributed by atoms with E-state index in [4.69, 9.17) is 0 Å². The van der Waals surface area contributed by atoms with E-state index < -0.39 is 0 Å². The molecule has 0 spiro atoms. The van der Waals surface area contributed by atoms with E-state index in [1.165, 1.54) is 6.07 Å². The van der Waals surface area contributed by atoms with Gasteiger partial charge in [-0.05, 0) is 24.5 Å². The van der Waals surface area contributed by atoms with Crippen molar-refractivity contribution >= 4 is 11.0 Å². The third-order valence-corrected chi connectivity index (χ3v) is 2.34. The second kappa shape index (κ2) is 3.08. The van der Waals surface area contributed by atoms with Crippen molar-refractivity contribution in [2.75, 3.05) is 0 Å². The molecule has 0 saturated heterocycles. The highest BCUT2D eigenvalue weighted by atomic mass is 19.1. The molecule has 0 bridgehead atoms. The predicted octanol–water partition coefficient (Wildman–Crippen LogP) is 3.13. The molecule has 0 amide bonds. The summed E-state index contributed by atoms with van der Waals surface area (Å²) in [6.45, 7) is 5.83. The number of H-pyrrole nitrogens is 1. The molecule has 0 aliphatic rings. The first-order valence-electron chi connectivity index (χ1n) is 4.73. The van der Waals surface area contributed by atoms with Crippen LogP contribution < -0.4 is 0 Å². The van der Waals surface area contributed by atoms with Crippen molar-refractivity contribution < 1.29 is 4.39 Å². The van der Waals surface area contributed by atoms with Gasteiger partial charge in [0.2, 0.25) is 0 Å². The number of aryl methyl sites for hydroxylation is 1. The van der Waals surface area contributed by atoms with Crippen LogP contribution in [0.3, 0.4) is 0 Å². The topological polar surface area (TPSA) is 28.7 Å². The Morgan fingerprint density at radius 1 is 1.36 bits per heavy atom. The van der Waals surface area contributed by atoms with E-state index in [1.807, 2.05) is 26.8 Å². The largest absolute Gasteiger partial charge is 0.342 e. The van der Waals surface area contributed by atoms with Crippen LogP contribution in [0.2, 0.25) is 0 Å². The number of rotatable bonds is 1. The second-order valence-electron chi connectivity index (χ2n) is 3.87. The van der Waals surface area contributed by atoms with Crippen LogP contribution in [0.15, 0.2) is 12.1 Å². The number of benzene rings is 1. The van der Waals surface area contributed by atoms with Gasteiger partial charge in [-0.2, -0.15) is 0 Å². The van der Waals surface area contributed by atoms with E-state index in [9.17, 15) is 4.39 Å². The molecule has 0 radical (unpaired) electrons. The zero-order valence-electron chi connectivity index (χ0n) is 8.56. The summed E-state index contributed by atoms with van der Waals surface area (Å²) in [5.74, 6) is 0.849. The van der Waals surface area contributed by atoms with Gasteiger partial charge in [0.1, 0.15) is 11.6 Å². The van der Waals surface area contributed by atoms with Crippen LogP contribution in [-0.2, 0) is 0 Å². The van der Waals surface area contributed by atoms with Gasteiger partial charge < -0.3 is 4.98 Å². The van der Waals surface area contributed by atoms with Gasteiger partial charge in [-0.15, -0.1) is 0 Å². The van der Waals surface area contributed by atoms with Gasteiger partial charge in [0.15, 0.2) is 0 Å². The molecule has 0 aliphatic carbocycles. The minimum Gasteiger partial charge on any atom is -0.342 e. The van der Waals surface area contributed by atoms with E-state index in [0.717, 1.165) is 16.9 Å². The molecule has 3 heteroatoms. The molecule has 2 aromatic rings. The van der Waals surface area contributed by atoms with Crippen LogP contribution in [0.25, 0.3) is 11.0 Å². The van der Waals surface area contributed by atoms with E-state index >= 15 is 0 Å². The highest BCUT2D eigenvalue weighted by Gasteiger charge is 2.09. The summed E-state index contributed by atoms with van der Waals surface area (Å²) in [7, 11) is 0. The Bertz CT molecular complexity index is 471. The molecule has 1 heterocycles. The van der Waals surface area contributed by atoms with Crippen molar-refractivity contribution in [1.82, 2.24) is 9.97 Å². The molecule has 1 N–H and O–H groups in total. The van der Waals surface area contributed by atoms with Gasteiger partial charge in [0, 0.05) is 6.07 Å². The van der Waals surface area contributed by atoms with Crippen LogP contribution in [0, 0.1) is 12.7 Å². The molecule has 74 valence electrons. The minimum atomic E-state index is -0.168. The standard InChI is InChI=1S/C11H13FN2/c1-6(2)8-4-10-11(5-9(8)12)14-7(3)13-10/h4-6H,1-3H3,(H,13,14). The number of aromatic amines is 1. The first kappa shape index (κ1) is 9.19. The number of aromatic nitrogens is 2. The number of nitrogens with one attached hydrogen (secondary N) is 1. The highest BCUT2D eigenvalue weighted by molar-refractivity contribution is 5.76. The first-order chi connectivity index (χ1) is 6.58. The Morgan fingerprint density at radius 2 is 2.07 bits per heavy atom. The number of imidazole rings is 1. The molecule has 0 fully saturated rings. The predicted molar refractivity (Wildman–Crippen MR) is 54.9 cm³/mol. The maximum absolute atomic E-state index is 13.5. The molecule has 2 nitrogen and oxygen atoms in total. The van der Waals surface area contributed by atoms with E-state index in [-0.39, 0.29) is 11.7 Å². The average Bonchev–Trinajstić information content (AvgIpc) is 2.42. The zero-order chi connectivity index (χ0) is 10.3. The fourth-order valence-electron chi connectivity index (χ4n) is 1.62. The number of hydrogen-bond donors (Lipinski definition) is 1. The van der Waals surface area contributed by atoms with E-state index in [1.54, 1.807) is 0 Å². The highest BCUT2D eigenvalue weighted by Crippen LogP contribution is 2.23. The molecular weight excluding hydrogens is 179 g/mol. The summed E-state index contributed by atoms with van der Waals surface area (Å²) >= 11 is 0. The lowest BCUT2D eigenvalue weighted by Gasteiger charge is -2.05. The van der Waals surface area contributed by atoms with E-state index in [2.05, 4.69) is 9.97 Å². The molecule has 1 aromatic carbocycles. The fraction of sp³-hybridized carbons (Fsp3) is 0.364. The van der Waals surface area contributed by atoms with Crippen LogP contribution in [0.5, 0.6) is 0 Å². The maximum Gasteiger partial charge on any atom is 0.128 e. The van der Waals surface area contributed by atoms with Gasteiger partial charge in [-0.25, -0.2) is 9.37 Å². The van der Waals surface area contributed by atoms with Gasteiger partial charge in [0.25, 0.3) is 0 Å². The summed E-state index contributed by atoms with van der Waals surface area (Å²) in [5.41, 5.74) is 2.35. The SMILES string of the molecule is Cc1nc2cc(F)c(C(C)C)cc2[nH]1. The van der Waals surface area contributed by atoms with Gasteiger partial charge in [-0.1, -0.05) is 13.8 Å². The van der Waals surface area contributed by atoms with Crippen LogP contribution >= 0.6 is 0 Å².